The molecule has 0 radical (unpaired) electrons. The van der Waals surface area contributed by atoms with Crippen LogP contribution in [0.2, 0.25) is 0 Å². The molecule has 0 saturated carbocycles. The molecule has 2 aromatic rings. The summed E-state index contributed by atoms with van der Waals surface area (Å²) in [6.45, 7) is 6.40. The number of aromatic nitrogens is 2. The summed E-state index contributed by atoms with van der Waals surface area (Å²) in [7, 11) is 3.98. The lowest BCUT2D eigenvalue weighted by molar-refractivity contribution is -0.144. The van der Waals surface area contributed by atoms with Gasteiger partial charge in [0.1, 0.15) is 5.82 Å². The molecule has 1 aromatic carbocycles. The predicted molar refractivity (Wildman–Crippen MR) is 93.6 cm³/mol. The van der Waals surface area contributed by atoms with Gasteiger partial charge >= 0.3 is 0 Å². The Balaban J connectivity index is 1.63. The van der Waals surface area contributed by atoms with E-state index in [0.29, 0.717) is 26.2 Å². The topological polar surface area (TPSA) is 50.6 Å². The van der Waals surface area contributed by atoms with Crippen LogP contribution in [0, 0.1) is 0 Å². The summed E-state index contributed by atoms with van der Waals surface area (Å²) in [4.78, 5) is 21.2. The number of para-hydroxylation sites is 2. The number of benzene rings is 1. The van der Waals surface area contributed by atoms with E-state index >= 15 is 0 Å². The maximum Gasteiger partial charge on any atom is 0.236 e. The zero-order valence-electron chi connectivity index (χ0n) is 14.9. The highest BCUT2D eigenvalue weighted by molar-refractivity contribution is 5.78. The Labute approximate surface area is 143 Å². The van der Waals surface area contributed by atoms with Crippen LogP contribution in [0.5, 0.6) is 0 Å². The lowest BCUT2D eigenvalue weighted by Gasteiger charge is -2.36. The Kier molecular flexibility index (Phi) is 4.87. The smallest absolute Gasteiger partial charge is 0.236 e. The molecule has 1 amide bonds. The van der Waals surface area contributed by atoms with E-state index in [-0.39, 0.29) is 18.1 Å². The second-order valence-corrected chi connectivity index (χ2v) is 6.80. The number of hydrogen-bond donors (Lipinski definition) is 0. The van der Waals surface area contributed by atoms with E-state index in [1.54, 1.807) is 0 Å². The lowest BCUT2D eigenvalue weighted by atomic mass is 10.2. The van der Waals surface area contributed by atoms with Gasteiger partial charge in [-0.1, -0.05) is 12.1 Å². The third-order valence-electron chi connectivity index (χ3n) is 4.47. The van der Waals surface area contributed by atoms with Gasteiger partial charge in [0, 0.05) is 20.1 Å². The average molecular weight is 330 g/mol. The van der Waals surface area contributed by atoms with Crippen molar-refractivity contribution in [1.29, 1.82) is 0 Å². The predicted octanol–water partition coefficient (Wildman–Crippen LogP) is 1.64. The maximum atomic E-state index is 12.5. The molecule has 0 N–H and O–H groups in total. The van der Waals surface area contributed by atoms with Gasteiger partial charge < -0.3 is 14.2 Å². The van der Waals surface area contributed by atoms with Gasteiger partial charge in [-0.15, -0.1) is 0 Å². The highest BCUT2D eigenvalue weighted by Crippen LogP contribution is 2.16. The molecule has 2 atom stereocenters. The normalized spacial score (nSPS) is 21.6. The molecule has 1 aliphatic heterocycles. The minimum atomic E-state index is 0.0999. The Morgan fingerprint density at radius 1 is 1.29 bits per heavy atom. The summed E-state index contributed by atoms with van der Waals surface area (Å²) in [6, 6.07) is 8.09. The van der Waals surface area contributed by atoms with E-state index in [2.05, 4.69) is 15.6 Å². The van der Waals surface area contributed by atoms with E-state index in [9.17, 15) is 4.79 Å². The first-order chi connectivity index (χ1) is 11.4. The van der Waals surface area contributed by atoms with E-state index < -0.39 is 0 Å². The minimum absolute atomic E-state index is 0.0999. The second-order valence-electron chi connectivity index (χ2n) is 6.80. The lowest BCUT2D eigenvalue weighted by Crippen LogP contribution is -2.50. The number of rotatable bonds is 4. The molecule has 1 fully saturated rings. The van der Waals surface area contributed by atoms with Crippen molar-refractivity contribution >= 4 is 16.9 Å². The molecule has 1 aliphatic rings. The molecule has 2 heterocycles. The molecule has 0 spiro atoms. The van der Waals surface area contributed by atoms with Gasteiger partial charge in [0.05, 0.1) is 36.3 Å². The summed E-state index contributed by atoms with van der Waals surface area (Å²) < 4.78 is 7.79. The largest absolute Gasteiger partial charge is 0.372 e. The van der Waals surface area contributed by atoms with Gasteiger partial charge in [-0.3, -0.25) is 9.69 Å². The summed E-state index contributed by atoms with van der Waals surface area (Å²) in [5.41, 5.74) is 2.11. The third-order valence-corrected chi connectivity index (χ3v) is 4.47. The molecule has 0 aliphatic carbocycles. The Morgan fingerprint density at radius 2 is 1.96 bits per heavy atom. The van der Waals surface area contributed by atoms with Crippen LogP contribution in [0.4, 0.5) is 0 Å². The Morgan fingerprint density at radius 3 is 2.62 bits per heavy atom. The summed E-state index contributed by atoms with van der Waals surface area (Å²) in [5.74, 6) is 1.12. The van der Waals surface area contributed by atoms with Crippen molar-refractivity contribution in [2.24, 2.45) is 7.05 Å². The molecule has 1 aromatic heterocycles. The zero-order chi connectivity index (χ0) is 17.3. The molecule has 130 valence electrons. The van der Waals surface area contributed by atoms with Gasteiger partial charge in [0.25, 0.3) is 0 Å². The molecule has 6 heteroatoms. The number of ether oxygens (including phenoxy) is 1. The first-order valence-electron chi connectivity index (χ1n) is 8.46. The van der Waals surface area contributed by atoms with Crippen molar-refractivity contribution in [2.75, 3.05) is 26.7 Å². The first-order valence-corrected chi connectivity index (χ1v) is 8.46. The zero-order valence-corrected chi connectivity index (χ0v) is 14.9. The van der Waals surface area contributed by atoms with Crippen LogP contribution in [0.3, 0.4) is 0 Å². The van der Waals surface area contributed by atoms with E-state index in [0.717, 1.165) is 16.9 Å². The molecular formula is C18H26N4O2. The monoisotopic (exact) mass is 330 g/mol. The molecule has 0 bridgehead atoms. The number of morpholine rings is 1. The van der Waals surface area contributed by atoms with Crippen LogP contribution in [0.25, 0.3) is 11.0 Å². The average Bonchev–Trinajstić information content (AvgIpc) is 2.83. The summed E-state index contributed by atoms with van der Waals surface area (Å²) >= 11 is 0. The van der Waals surface area contributed by atoms with Crippen LogP contribution in [-0.2, 0) is 23.1 Å². The summed E-state index contributed by atoms with van der Waals surface area (Å²) in [6.07, 6.45) is 0.200. The molecule has 6 nitrogen and oxygen atoms in total. The van der Waals surface area contributed by atoms with Crippen LogP contribution in [0.1, 0.15) is 19.7 Å². The molecule has 3 rings (SSSR count). The van der Waals surface area contributed by atoms with E-state index in [4.69, 9.17) is 4.74 Å². The number of imidazole rings is 1. The third kappa shape index (κ3) is 3.60. The van der Waals surface area contributed by atoms with Crippen LogP contribution in [0.15, 0.2) is 24.3 Å². The fourth-order valence-electron chi connectivity index (χ4n) is 3.35. The fourth-order valence-corrected chi connectivity index (χ4v) is 3.35. The van der Waals surface area contributed by atoms with Crippen LogP contribution < -0.4 is 0 Å². The van der Waals surface area contributed by atoms with Gasteiger partial charge in [0.15, 0.2) is 0 Å². The van der Waals surface area contributed by atoms with Gasteiger partial charge in [0.2, 0.25) is 5.91 Å². The second kappa shape index (κ2) is 6.91. The van der Waals surface area contributed by atoms with Crippen molar-refractivity contribution in [3.63, 3.8) is 0 Å². The standard InChI is InChI=1S/C18H26N4O2/c1-13-9-22(10-14(2)24-13)18(23)12-20(3)11-17-19-15-7-5-6-8-16(15)21(17)4/h5-8,13-14H,9-12H2,1-4H3/t13-,14-/m0/s1. The number of fused-ring (bicyclic) bond motifs is 1. The van der Waals surface area contributed by atoms with E-state index in [1.807, 2.05) is 55.9 Å². The molecule has 1 saturated heterocycles. The fraction of sp³-hybridized carbons (Fsp3) is 0.556. The van der Waals surface area contributed by atoms with Gasteiger partial charge in [-0.2, -0.15) is 0 Å². The van der Waals surface area contributed by atoms with Crippen molar-refractivity contribution in [3.05, 3.63) is 30.1 Å². The van der Waals surface area contributed by atoms with E-state index in [1.165, 1.54) is 0 Å². The van der Waals surface area contributed by atoms with Gasteiger partial charge in [-0.05, 0) is 33.0 Å². The minimum Gasteiger partial charge on any atom is -0.372 e. The van der Waals surface area contributed by atoms with Crippen LogP contribution in [-0.4, -0.2) is 64.1 Å². The number of aryl methyl sites for hydroxylation is 1. The highest BCUT2D eigenvalue weighted by atomic mass is 16.5. The highest BCUT2D eigenvalue weighted by Gasteiger charge is 2.26. The number of carbonyl (C=O) groups excluding carboxylic acids is 1. The number of hydrogen-bond acceptors (Lipinski definition) is 4. The van der Waals surface area contributed by atoms with Crippen molar-refractivity contribution in [1.82, 2.24) is 19.4 Å². The quantitative estimate of drug-likeness (QED) is 0.855. The van der Waals surface area contributed by atoms with Crippen molar-refractivity contribution in [2.45, 2.75) is 32.6 Å². The first kappa shape index (κ1) is 16.9. The van der Waals surface area contributed by atoms with Crippen molar-refractivity contribution in [3.8, 4) is 0 Å². The van der Waals surface area contributed by atoms with Crippen LogP contribution >= 0.6 is 0 Å². The summed E-state index contributed by atoms with van der Waals surface area (Å²) in [5, 5.41) is 0. The van der Waals surface area contributed by atoms with Crippen molar-refractivity contribution < 1.29 is 9.53 Å². The van der Waals surface area contributed by atoms with Gasteiger partial charge in [-0.25, -0.2) is 4.98 Å². The maximum absolute atomic E-state index is 12.5. The Hall–Kier alpha value is -1.92. The Bertz CT molecular complexity index is 717. The number of likely N-dealkylation sites (N-methyl/N-ethyl adjacent to an activating group) is 1. The SMILES string of the molecule is C[C@H]1CN(C(=O)CN(C)Cc2nc3ccccc3n2C)C[C@H](C)O1. The molecule has 0 unspecified atom stereocenters. The number of carbonyl (C=O) groups is 1. The number of amides is 1. The molecule has 24 heavy (non-hydrogen) atoms. The number of nitrogens with zero attached hydrogens (tertiary/aromatic N) is 4. The molecular weight excluding hydrogens is 304 g/mol.